The Morgan fingerprint density at radius 3 is 2.45 bits per heavy atom. The highest BCUT2D eigenvalue weighted by Crippen LogP contribution is 2.24. The fourth-order valence-electron chi connectivity index (χ4n) is 2.23. The molecule has 0 saturated carbocycles. The van der Waals surface area contributed by atoms with E-state index in [-0.39, 0.29) is 19.0 Å². The van der Waals surface area contributed by atoms with Gasteiger partial charge in [0.1, 0.15) is 0 Å². The Hall–Kier alpha value is -1.14. The summed E-state index contributed by atoms with van der Waals surface area (Å²) in [5.41, 5.74) is 6.73. The predicted molar refractivity (Wildman–Crippen MR) is 90.2 cm³/mol. The van der Waals surface area contributed by atoms with Crippen LogP contribution in [0.25, 0.3) is 0 Å². The van der Waals surface area contributed by atoms with Crippen molar-refractivity contribution in [3.8, 4) is 0 Å². The Morgan fingerprint density at radius 1 is 1.27 bits per heavy atom. The van der Waals surface area contributed by atoms with Crippen LogP contribution in [0.1, 0.15) is 37.0 Å². The van der Waals surface area contributed by atoms with Gasteiger partial charge in [-0.1, -0.05) is 35.8 Å². The highest BCUT2D eigenvalue weighted by molar-refractivity contribution is 6.30. The molecule has 0 aliphatic carbocycles. The lowest BCUT2D eigenvalue weighted by atomic mass is 9.93. The third kappa shape index (κ3) is 4.68. The zero-order chi connectivity index (χ0) is 15.4. The first-order valence-electron chi connectivity index (χ1n) is 6.98. The van der Waals surface area contributed by atoms with E-state index in [1.165, 1.54) is 5.56 Å². The van der Waals surface area contributed by atoms with Gasteiger partial charge >= 0.3 is 0 Å². The van der Waals surface area contributed by atoms with E-state index >= 15 is 0 Å². The van der Waals surface area contributed by atoms with Gasteiger partial charge < -0.3 is 10.3 Å². The largest absolute Gasteiger partial charge is 0.338 e. The molecule has 0 amide bonds. The molecule has 2 unspecified atom stereocenters. The van der Waals surface area contributed by atoms with Crippen LogP contribution in [0.4, 0.5) is 0 Å². The average molecular weight is 345 g/mol. The molecule has 2 atom stereocenters. The molecule has 0 saturated heterocycles. The van der Waals surface area contributed by atoms with E-state index in [1.54, 1.807) is 0 Å². The fourth-order valence-corrected chi connectivity index (χ4v) is 2.36. The molecule has 0 fully saturated rings. The van der Waals surface area contributed by atoms with Crippen LogP contribution in [-0.2, 0) is 13.1 Å². The lowest BCUT2D eigenvalue weighted by molar-refractivity contribution is 0.215. The quantitative estimate of drug-likeness (QED) is 0.871. The van der Waals surface area contributed by atoms with Gasteiger partial charge in [0, 0.05) is 11.1 Å². The molecule has 0 bridgehead atoms. The van der Waals surface area contributed by atoms with Crippen molar-refractivity contribution in [2.75, 3.05) is 7.05 Å². The monoisotopic (exact) mass is 344 g/mol. The number of hydrogen-bond acceptors (Lipinski definition) is 5. The molecule has 0 spiro atoms. The lowest BCUT2D eigenvalue weighted by Gasteiger charge is -2.29. The van der Waals surface area contributed by atoms with E-state index in [4.69, 9.17) is 21.9 Å². The van der Waals surface area contributed by atoms with Crippen molar-refractivity contribution in [2.24, 2.45) is 5.73 Å². The SMILES string of the molecule is CC(c1ccc(Cl)cc1)C(C)N(C)Cc1noc(CN)n1.Cl. The zero-order valence-corrected chi connectivity index (χ0v) is 14.6. The second-order valence-electron chi connectivity index (χ2n) is 5.30. The highest BCUT2D eigenvalue weighted by Gasteiger charge is 2.20. The van der Waals surface area contributed by atoms with Crippen molar-refractivity contribution in [3.05, 3.63) is 46.6 Å². The van der Waals surface area contributed by atoms with E-state index in [0.29, 0.717) is 30.2 Å². The number of rotatable bonds is 6. The zero-order valence-electron chi connectivity index (χ0n) is 13.0. The standard InChI is InChI=1S/C15H21ClN4O.ClH/c1-10(12-4-6-13(16)7-5-12)11(2)20(3)9-14-18-15(8-17)21-19-14;/h4-7,10-11H,8-9,17H2,1-3H3;1H. The minimum absolute atomic E-state index is 0. The first-order valence-corrected chi connectivity index (χ1v) is 7.36. The maximum absolute atomic E-state index is 5.93. The van der Waals surface area contributed by atoms with Crippen LogP contribution < -0.4 is 5.73 Å². The first-order chi connectivity index (χ1) is 10.0. The summed E-state index contributed by atoms with van der Waals surface area (Å²) in [6.45, 7) is 5.28. The molecule has 2 N–H and O–H groups in total. The Balaban J connectivity index is 0.00000242. The second-order valence-corrected chi connectivity index (χ2v) is 5.74. The minimum atomic E-state index is 0. The molecule has 1 aromatic heterocycles. The molecule has 1 aromatic carbocycles. The summed E-state index contributed by atoms with van der Waals surface area (Å²) in [7, 11) is 2.05. The topological polar surface area (TPSA) is 68.2 Å². The number of benzene rings is 1. The van der Waals surface area contributed by atoms with Crippen LogP contribution in [-0.4, -0.2) is 28.1 Å². The molecule has 22 heavy (non-hydrogen) atoms. The van der Waals surface area contributed by atoms with Crippen LogP contribution >= 0.6 is 24.0 Å². The smallest absolute Gasteiger partial charge is 0.240 e. The summed E-state index contributed by atoms with van der Waals surface area (Å²) in [5.74, 6) is 1.50. The summed E-state index contributed by atoms with van der Waals surface area (Å²) in [5, 5.41) is 4.69. The summed E-state index contributed by atoms with van der Waals surface area (Å²) >= 11 is 5.93. The van der Waals surface area contributed by atoms with Gasteiger partial charge in [-0.05, 0) is 37.6 Å². The Labute approximate surface area is 142 Å². The number of likely N-dealkylation sites (N-methyl/N-ethyl adjacent to an activating group) is 1. The number of nitrogens with two attached hydrogens (primary N) is 1. The molecular weight excluding hydrogens is 323 g/mol. The maximum atomic E-state index is 5.93. The van der Waals surface area contributed by atoms with Gasteiger partial charge in [0.25, 0.3) is 0 Å². The van der Waals surface area contributed by atoms with E-state index in [9.17, 15) is 0 Å². The maximum Gasteiger partial charge on any atom is 0.240 e. The van der Waals surface area contributed by atoms with Crippen molar-refractivity contribution in [2.45, 2.75) is 38.9 Å². The molecule has 122 valence electrons. The van der Waals surface area contributed by atoms with E-state index in [0.717, 1.165) is 5.02 Å². The van der Waals surface area contributed by atoms with Gasteiger partial charge in [0.15, 0.2) is 5.82 Å². The van der Waals surface area contributed by atoms with Crippen LogP contribution in [0.2, 0.25) is 5.02 Å². The molecular formula is C15H22Cl2N4O. The van der Waals surface area contributed by atoms with Gasteiger partial charge in [0.2, 0.25) is 5.89 Å². The van der Waals surface area contributed by atoms with Crippen molar-refractivity contribution in [3.63, 3.8) is 0 Å². The molecule has 0 aliphatic heterocycles. The highest BCUT2D eigenvalue weighted by atomic mass is 35.5. The van der Waals surface area contributed by atoms with Gasteiger partial charge in [-0.3, -0.25) is 4.90 Å². The average Bonchev–Trinajstić information content (AvgIpc) is 2.94. The molecule has 0 radical (unpaired) electrons. The Bertz CT molecular complexity index is 573. The molecule has 1 heterocycles. The molecule has 2 aromatic rings. The van der Waals surface area contributed by atoms with E-state index < -0.39 is 0 Å². The number of halogens is 2. The van der Waals surface area contributed by atoms with Gasteiger partial charge in [-0.15, -0.1) is 12.4 Å². The Morgan fingerprint density at radius 2 is 1.91 bits per heavy atom. The van der Waals surface area contributed by atoms with Crippen molar-refractivity contribution in [1.82, 2.24) is 15.0 Å². The lowest BCUT2D eigenvalue weighted by Crippen LogP contribution is -2.33. The molecule has 0 aliphatic rings. The van der Waals surface area contributed by atoms with E-state index in [1.807, 2.05) is 12.1 Å². The summed E-state index contributed by atoms with van der Waals surface area (Å²) < 4.78 is 5.03. The normalized spacial score (nSPS) is 13.7. The molecule has 7 heteroatoms. The summed E-state index contributed by atoms with van der Waals surface area (Å²) in [6, 6.07) is 8.31. The predicted octanol–water partition coefficient (Wildman–Crippen LogP) is 3.23. The Kier molecular flexibility index (Phi) is 7.29. The third-order valence-electron chi connectivity index (χ3n) is 3.89. The summed E-state index contributed by atoms with van der Waals surface area (Å²) in [6.07, 6.45) is 0. The fraction of sp³-hybridized carbons (Fsp3) is 0.467. The second kappa shape index (κ2) is 8.48. The minimum Gasteiger partial charge on any atom is -0.338 e. The molecule has 2 rings (SSSR count). The number of nitrogens with zero attached hydrogens (tertiary/aromatic N) is 3. The molecule has 5 nitrogen and oxygen atoms in total. The van der Waals surface area contributed by atoms with Crippen molar-refractivity contribution < 1.29 is 4.52 Å². The van der Waals surface area contributed by atoms with Gasteiger partial charge in [-0.25, -0.2) is 0 Å². The van der Waals surface area contributed by atoms with Crippen LogP contribution in [0.15, 0.2) is 28.8 Å². The first kappa shape index (κ1) is 18.9. The summed E-state index contributed by atoms with van der Waals surface area (Å²) in [4.78, 5) is 6.43. The van der Waals surface area contributed by atoms with Crippen LogP contribution in [0.3, 0.4) is 0 Å². The number of aromatic nitrogens is 2. The third-order valence-corrected chi connectivity index (χ3v) is 4.14. The van der Waals surface area contributed by atoms with Gasteiger partial charge in [-0.2, -0.15) is 4.98 Å². The van der Waals surface area contributed by atoms with Crippen molar-refractivity contribution >= 4 is 24.0 Å². The number of hydrogen-bond donors (Lipinski definition) is 1. The van der Waals surface area contributed by atoms with Crippen molar-refractivity contribution in [1.29, 1.82) is 0 Å². The van der Waals surface area contributed by atoms with Gasteiger partial charge in [0.05, 0.1) is 13.1 Å². The van der Waals surface area contributed by atoms with E-state index in [2.05, 4.69) is 48.1 Å². The van der Waals surface area contributed by atoms with Crippen LogP contribution in [0.5, 0.6) is 0 Å². The van der Waals surface area contributed by atoms with Crippen LogP contribution in [0, 0.1) is 0 Å².